The van der Waals surface area contributed by atoms with Crippen LogP contribution in [0.2, 0.25) is 10.0 Å². The highest BCUT2D eigenvalue weighted by Gasteiger charge is 2.28. The van der Waals surface area contributed by atoms with Crippen LogP contribution in [-0.2, 0) is 21.4 Å². The molecule has 1 aliphatic rings. The van der Waals surface area contributed by atoms with Crippen molar-refractivity contribution in [3.05, 3.63) is 63.6 Å². The fourth-order valence-electron chi connectivity index (χ4n) is 3.96. The van der Waals surface area contributed by atoms with Crippen molar-refractivity contribution in [2.45, 2.75) is 69.4 Å². The lowest BCUT2D eigenvalue weighted by atomic mass is 9.97. The van der Waals surface area contributed by atoms with Gasteiger partial charge in [-0.15, -0.1) is 0 Å². The maximum atomic E-state index is 13.4. The number of rotatable bonds is 7. The highest BCUT2D eigenvalue weighted by atomic mass is 35.5. The van der Waals surface area contributed by atoms with E-state index in [1.54, 1.807) is 42.5 Å². The van der Waals surface area contributed by atoms with Gasteiger partial charge in [-0.25, -0.2) is 8.42 Å². The van der Waals surface area contributed by atoms with E-state index in [1.807, 2.05) is 6.92 Å². The van der Waals surface area contributed by atoms with Crippen LogP contribution in [0, 0.1) is 6.92 Å². The fourth-order valence-corrected chi connectivity index (χ4v) is 5.80. The first-order valence-electron chi connectivity index (χ1n) is 11.1. The van der Waals surface area contributed by atoms with Crippen LogP contribution in [0.25, 0.3) is 0 Å². The molecule has 8 heteroatoms. The molecule has 32 heavy (non-hydrogen) atoms. The molecular weight excluding hydrogens is 467 g/mol. The number of nitrogens with one attached hydrogen (secondary N) is 1. The number of sulfonamides is 1. The lowest BCUT2D eigenvalue weighted by Gasteiger charge is -2.25. The van der Waals surface area contributed by atoms with E-state index in [1.165, 1.54) is 23.6 Å². The molecule has 3 rings (SSSR count). The number of carbonyl (C=O) groups is 1. The smallest absolute Gasteiger partial charge is 0.243 e. The quantitative estimate of drug-likeness (QED) is 0.532. The van der Waals surface area contributed by atoms with Crippen LogP contribution in [0.3, 0.4) is 0 Å². The van der Waals surface area contributed by atoms with Gasteiger partial charge in [0.25, 0.3) is 0 Å². The molecule has 0 aromatic heterocycles. The Morgan fingerprint density at radius 1 is 1.00 bits per heavy atom. The Morgan fingerprint density at radius 2 is 1.62 bits per heavy atom. The van der Waals surface area contributed by atoms with Crippen LogP contribution in [0.4, 0.5) is 0 Å². The molecule has 0 spiro atoms. The third-order valence-corrected chi connectivity index (χ3v) is 8.20. The average molecular weight is 497 g/mol. The molecule has 1 aliphatic carbocycles. The summed E-state index contributed by atoms with van der Waals surface area (Å²) < 4.78 is 28.0. The lowest BCUT2D eigenvalue weighted by molar-refractivity contribution is -0.122. The van der Waals surface area contributed by atoms with Crippen molar-refractivity contribution in [1.29, 1.82) is 0 Å². The van der Waals surface area contributed by atoms with E-state index in [9.17, 15) is 13.2 Å². The topological polar surface area (TPSA) is 66.5 Å². The SMILES string of the molecule is Cc1ccc(S(=O)(=O)N(CC(=O)NC2CCCCCCC2)Cc2ccc(Cl)cc2Cl)cc1. The first kappa shape index (κ1) is 25.0. The van der Waals surface area contributed by atoms with E-state index in [2.05, 4.69) is 5.32 Å². The van der Waals surface area contributed by atoms with Crippen molar-refractivity contribution in [2.75, 3.05) is 6.54 Å². The summed E-state index contributed by atoms with van der Waals surface area (Å²) in [7, 11) is -3.91. The standard InChI is InChI=1S/C24H30Cl2N2O3S/c1-18-9-13-22(14-10-18)32(30,31)28(16-19-11-12-20(25)15-23(19)26)17-24(29)27-21-7-5-3-2-4-6-8-21/h9-15,21H,2-8,16-17H2,1H3,(H,27,29). The second-order valence-electron chi connectivity index (χ2n) is 8.43. The summed E-state index contributed by atoms with van der Waals surface area (Å²) in [5, 5.41) is 3.89. The molecule has 2 aromatic rings. The van der Waals surface area contributed by atoms with Gasteiger partial charge in [-0.2, -0.15) is 4.31 Å². The fraction of sp³-hybridized carbons (Fsp3) is 0.458. The summed E-state index contributed by atoms with van der Waals surface area (Å²) in [6, 6.07) is 11.6. The van der Waals surface area contributed by atoms with E-state index in [-0.39, 0.29) is 29.9 Å². The highest BCUT2D eigenvalue weighted by Crippen LogP contribution is 2.25. The molecule has 1 amide bonds. The van der Waals surface area contributed by atoms with Crippen LogP contribution in [-0.4, -0.2) is 31.2 Å². The molecule has 0 radical (unpaired) electrons. The Balaban J connectivity index is 1.82. The Kier molecular flexibility index (Phi) is 9.00. The summed E-state index contributed by atoms with van der Waals surface area (Å²) in [5.41, 5.74) is 1.55. The van der Waals surface area contributed by atoms with Crippen LogP contribution >= 0.6 is 23.2 Å². The third-order valence-electron chi connectivity index (χ3n) is 5.81. The predicted octanol–water partition coefficient (Wildman–Crippen LogP) is 5.72. The van der Waals surface area contributed by atoms with Crippen LogP contribution < -0.4 is 5.32 Å². The zero-order valence-corrected chi connectivity index (χ0v) is 20.6. The number of amides is 1. The van der Waals surface area contributed by atoms with Gasteiger partial charge in [-0.3, -0.25) is 4.79 Å². The normalized spacial score (nSPS) is 15.9. The first-order chi connectivity index (χ1) is 15.3. The van der Waals surface area contributed by atoms with Crippen molar-refractivity contribution in [3.63, 3.8) is 0 Å². The minimum atomic E-state index is -3.91. The summed E-state index contributed by atoms with van der Waals surface area (Å²) in [4.78, 5) is 13.1. The van der Waals surface area contributed by atoms with E-state index in [0.717, 1.165) is 31.2 Å². The van der Waals surface area contributed by atoms with Crippen molar-refractivity contribution < 1.29 is 13.2 Å². The second kappa shape index (κ2) is 11.5. The van der Waals surface area contributed by atoms with Crippen molar-refractivity contribution in [2.24, 2.45) is 0 Å². The number of carbonyl (C=O) groups excluding carboxylic acids is 1. The number of halogens is 2. The minimum Gasteiger partial charge on any atom is -0.352 e. The Hall–Kier alpha value is -1.60. The van der Waals surface area contributed by atoms with Crippen molar-refractivity contribution in [3.8, 4) is 0 Å². The van der Waals surface area contributed by atoms with Gasteiger partial charge in [-0.05, 0) is 49.6 Å². The molecule has 2 aromatic carbocycles. The van der Waals surface area contributed by atoms with E-state index >= 15 is 0 Å². The summed E-state index contributed by atoms with van der Waals surface area (Å²) in [6.45, 7) is 1.60. The Bertz CT molecular complexity index is 1020. The van der Waals surface area contributed by atoms with Crippen LogP contribution in [0.1, 0.15) is 56.1 Å². The molecule has 0 bridgehead atoms. The van der Waals surface area contributed by atoms with E-state index in [4.69, 9.17) is 23.2 Å². The van der Waals surface area contributed by atoms with Gasteiger partial charge in [0.15, 0.2) is 0 Å². The number of hydrogen-bond donors (Lipinski definition) is 1. The van der Waals surface area contributed by atoms with Gasteiger partial charge < -0.3 is 5.32 Å². The molecular formula is C24H30Cl2N2O3S. The number of nitrogens with zero attached hydrogens (tertiary/aromatic N) is 1. The van der Waals surface area contributed by atoms with Gasteiger partial charge in [-0.1, -0.05) is 79.1 Å². The third kappa shape index (κ3) is 6.95. The van der Waals surface area contributed by atoms with Gasteiger partial charge in [0.1, 0.15) is 0 Å². The first-order valence-corrected chi connectivity index (χ1v) is 13.3. The molecule has 1 fully saturated rings. The van der Waals surface area contributed by atoms with Gasteiger partial charge >= 0.3 is 0 Å². The van der Waals surface area contributed by atoms with Crippen LogP contribution in [0.5, 0.6) is 0 Å². The molecule has 0 heterocycles. The summed E-state index contributed by atoms with van der Waals surface area (Å²) in [5.74, 6) is -0.295. The average Bonchev–Trinajstić information content (AvgIpc) is 2.71. The second-order valence-corrected chi connectivity index (χ2v) is 11.2. The van der Waals surface area contributed by atoms with E-state index < -0.39 is 10.0 Å². The monoisotopic (exact) mass is 496 g/mol. The van der Waals surface area contributed by atoms with Crippen LogP contribution in [0.15, 0.2) is 47.4 Å². The minimum absolute atomic E-state index is 0.0235. The number of hydrogen-bond acceptors (Lipinski definition) is 3. The van der Waals surface area contributed by atoms with Gasteiger partial charge in [0.2, 0.25) is 15.9 Å². The van der Waals surface area contributed by atoms with Gasteiger partial charge in [0, 0.05) is 22.6 Å². The highest BCUT2D eigenvalue weighted by molar-refractivity contribution is 7.89. The Labute approximate surface area is 201 Å². The molecule has 1 saturated carbocycles. The summed E-state index contributed by atoms with van der Waals surface area (Å²) in [6.07, 6.45) is 7.61. The molecule has 5 nitrogen and oxygen atoms in total. The molecule has 0 unspecified atom stereocenters. The molecule has 1 N–H and O–H groups in total. The maximum Gasteiger partial charge on any atom is 0.243 e. The van der Waals surface area contributed by atoms with Gasteiger partial charge in [0.05, 0.1) is 11.4 Å². The maximum absolute atomic E-state index is 13.4. The zero-order valence-electron chi connectivity index (χ0n) is 18.3. The number of benzene rings is 2. The molecule has 0 saturated heterocycles. The zero-order chi connectivity index (χ0) is 23.1. The summed E-state index contributed by atoms with van der Waals surface area (Å²) >= 11 is 12.3. The Morgan fingerprint density at radius 3 is 2.25 bits per heavy atom. The van der Waals surface area contributed by atoms with Crippen molar-refractivity contribution >= 4 is 39.1 Å². The largest absolute Gasteiger partial charge is 0.352 e. The number of aryl methyl sites for hydroxylation is 1. The van der Waals surface area contributed by atoms with Crippen molar-refractivity contribution in [1.82, 2.24) is 9.62 Å². The molecule has 0 aliphatic heterocycles. The predicted molar refractivity (Wildman–Crippen MR) is 129 cm³/mol. The van der Waals surface area contributed by atoms with E-state index in [0.29, 0.717) is 15.6 Å². The molecule has 0 atom stereocenters. The lowest BCUT2D eigenvalue weighted by Crippen LogP contribution is -2.44. The molecule has 174 valence electrons.